The Hall–Kier alpha value is -3.24. The number of nitrogens with one attached hydrogen (secondary N) is 2. The van der Waals surface area contributed by atoms with Crippen LogP contribution < -0.4 is 15.4 Å². The van der Waals surface area contributed by atoms with Crippen LogP contribution in [0.2, 0.25) is 0 Å². The normalized spacial score (nSPS) is 12.9. The van der Waals surface area contributed by atoms with Crippen molar-refractivity contribution in [2.24, 2.45) is 5.92 Å². The summed E-state index contributed by atoms with van der Waals surface area (Å²) in [7, 11) is 0. The molecule has 1 atom stereocenters. The number of ether oxygens (including phenoxy) is 1. The molecule has 174 valence electrons. The number of halogens is 5. The summed E-state index contributed by atoms with van der Waals surface area (Å²) in [5.41, 5.74) is 0.890. The highest BCUT2D eigenvalue weighted by Crippen LogP contribution is 2.37. The number of carbonyl (C=O) groups is 2. The van der Waals surface area contributed by atoms with E-state index in [1.807, 2.05) is 0 Å². The topological polar surface area (TPSA) is 80.3 Å². The third kappa shape index (κ3) is 6.38. The van der Waals surface area contributed by atoms with Crippen molar-refractivity contribution in [1.82, 2.24) is 10.3 Å². The number of hydrogen-bond donors (Lipinski definition) is 2. The Labute approximate surface area is 181 Å². The van der Waals surface area contributed by atoms with E-state index in [0.29, 0.717) is 5.69 Å². The fourth-order valence-electron chi connectivity index (χ4n) is 2.55. The highest BCUT2D eigenvalue weighted by atomic mass is 19.4. The van der Waals surface area contributed by atoms with Crippen LogP contribution in [0.1, 0.15) is 48.4 Å². The molecule has 0 aliphatic heterocycles. The van der Waals surface area contributed by atoms with Crippen molar-refractivity contribution < 1.29 is 36.3 Å². The van der Waals surface area contributed by atoms with Gasteiger partial charge in [-0.3, -0.25) is 9.59 Å². The predicted molar refractivity (Wildman–Crippen MR) is 106 cm³/mol. The fourth-order valence-corrected chi connectivity index (χ4v) is 2.55. The molecule has 1 aromatic carbocycles. The van der Waals surface area contributed by atoms with Gasteiger partial charge in [0, 0.05) is 17.2 Å². The van der Waals surface area contributed by atoms with Gasteiger partial charge in [-0.2, -0.15) is 22.0 Å². The minimum absolute atomic E-state index is 0.180. The summed E-state index contributed by atoms with van der Waals surface area (Å²) in [6.45, 7) is 6.55. The summed E-state index contributed by atoms with van der Waals surface area (Å²) in [5.74, 6) is -1.66. The van der Waals surface area contributed by atoms with E-state index in [4.69, 9.17) is 0 Å². The second-order valence-corrected chi connectivity index (χ2v) is 7.41. The minimum Gasteiger partial charge on any atom is -0.426 e. The molecule has 0 unspecified atom stereocenters. The lowest BCUT2D eigenvalue weighted by Gasteiger charge is -2.21. The van der Waals surface area contributed by atoms with E-state index in [9.17, 15) is 31.5 Å². The Bertz CT molecular complexity index is 993. The molecule has 0 bridgehead atoms. The van der Waals surface area contributed by atoms with E-state index < -0.39 is 30.0 Å². The smallest absolute Gasteiger partial charge is 0.426 e. The van der Waals surface area contributed by atoms with Gasteiger partial charge in [0.1, 0.15) is 11.6 Å². The van der Waals surface area contributed by atoms with Crippen LogP contribution in [0.15, 0.2) is 36.4 Å². The molecule has 1 heterocycles. The molecule has 0 fully saturated rings. The van der Waals surface area contributed by atoms with Crippen LogP contribution in [0, 0.1) is 12.8 Å². The molecule has 2 rings (SSSR count). The molecular weight excluding hydrogens is 437 g/mol. The first kappa shape index (κ1) is 25.0. The third-order valence-electron chi connectivity index (χ3n) is 4.27. The van der Waals surface area contributed by atoms with Gasteiger partial charge in [0.05, 0.1) is 6.04 Å². The number of carbonyl (C=O) groups excluding carboxylic acids is 2. The van der Waals surface area contributed by atoms with Crippen LogP contribution in [0.25, 0.3) is 0 Å². The fraction of sp³-hybridized carbons (Fsp3) is 0.381. The van der Waals surface area contributed by atoms with E-state index in [1.54, 1.807) is 20.8 Å². The quantitative estimate of drug-likeness (QED) is 0.571. The maximum absolute atomic E-state index is 13.1. The third-order valence-corrected chi connectivity index (χ3v) is 4.27. The Morgan fingerprint density at radius 3 is 2.28 bits per heavy atom. The van der Waals surface area contributed by atoms with Crippen molar-refractivity contribution >= 4 is 17.6 Å². The summed E-state index contributed by atoms with van der Waals surface area (Å²) >= 11 is 0. The summed E-state index contributed by atoms with van der Waals surface area (Å²) in [6.07, 6.45) is -11.2. The van der Waals surface area contributed by atoms with E-state index in [1.165, 1.54) is 31.2 Å². The van der Waals surface area contributed by atoms with Gasteiger partial charge >= 0.3 is 12.3 Å². The SMILES string of the molecule is Cc1cc(C(=O)N[C@H](C)c2cccc(OC(F)(F)C(F)(F)F)c2)cc(NC(=O)C(C)C)n1. The highest BCUT2D eigenvalue weighted by Gasteiger charge is 2.61. The first-order valence-electron chi connectivity index (χ1n) is 9.53. The van der Waals surface area contributed by atoms with Crippen LogP contribution in [-0.2, 0) is 4.79 Å². The molecule has 2 N–H and O–H groups in total. The van der Waals surface area contributed by atoms with E-state index in [0.717, 1.165) is 12.1 Å². The van der Waals surface area contributed by atoms with Crippen molar-refractivity contribution in [3.63, 3.8) is 0 Å². The second-order valence-electron chi connectivity index (χ2n) is 7.41. The number of rotatable bonds is 7. The molecule has 0 radical (unpaired) electrons. The Morgan fingerprint density at radius 1 is 1.03 bits per heavy atom. The number of aromatic nitrogens is 1. The molecule has 0 aliphatic rings. The number of amides is 2. The molecule has 0 saturated heterocycles. The van der Waals surface area contributed by atoms with Gasteiger partial charge in [0.15, 0.2) is 0 Å². The van der Waals surface area contributed by atoms with E-state index in [-0.39, 0.29) is 28.8 Å². The molecule has 2 aromatic rings. The van der Waals surface area contributed by atoms with Gasteiger partial charge in [0.25, 0.3) is 5.91 Å². The zero-order valence-corrected chi connectivity index (χ0v) is 17.7. The van der Waals surface area contributed by atoms with Gasteiger partial charge in [-0.15, -0.1) is 0 Å². The second kappa shape index (κ2) is 9.49. The van der Waals surface area contributed by atoms with Crippen molar-refractivity contribution in [3.8, 4) is 5.75 Å². The van der Waals surface area contributed by atoms with Gasteiger partial charge in [-0.05, 0) is 43.7 Å². The van der Waals surface area contributed by atoms with Crippen LogP contribution in [0.3, 0.4) is 0 Å². The zero-order valence-electron chi connectivity index (χ0n) is 17.7. The van der Waals surface area contributed by atoms with Gasteiger partial charge in [-0.1, -0.05) is 26.0 Å². The standard InChI is InChI=1S/C21H22F5N3O3/c1-11(2)18(30)29-17-10-15(8-12(3)27-17)19(31)28-13(4)14-6-5-7-16(9-14)32-21(25,26)20(22,23)24/h5-11,13H,1-4H3,(H,28,31)(H,27,29,30)/t13-/m1/s1. The summed E-state index contributed by atoms with van der Waals surface area (Å²) in [6, 6.07) is 6.71. The monoisotopic (exact) mass is 459 g/mol. The van der Waals surface area contributed by atoms with Crippen LogP contribution in [-0.4, -0.2) is 29.1 Å². The molecule has 0 aliphatic carbocycles. The highest BCUT2D eigenvalue weighted by molar-refractivity contribution is 5.97. The van der Waals surface area contributed by atoms with Crippen LogP contribution in [0.5, 0.6) is 5.75 Å². The first-order valence-corrected chi connectivity index (χ1v) is 9.53. The maximum Gasteiger partial charge on any atom is 0.499 e. The average molecular weight is 459 g/mol. The largest absolute Gasteiger partial charge is 0.499 e. The van der Waals surface area contributed by atoms with Gasteiger partial charge < -0.3 is 15.4 Å². The van der Waals surface area contributed by atoms with Gasteiger partial charge in [0.2, 0.25) is 5.91 Å². The van der Waals surface area contributed by atoms with Crippen LogP contribution >= 0.6 is 0 Å². The molecular formula is C21H22F5N3O3. The molecule has 0 spiro atoms. The van der Waals surface area contributed by atoms with Crippen molar-refractivity contribution in [2.45, 2.75) is 46.0 Å². The number of alkyl halides is 5. The zero-order chi connectivity index (χ0) is 24.3. The lowest BCUT2D eigenvalue weighted by Crippen LogP contribution is -2.41. The summed E-state index contributed by atoms with van der Waals surface area (Å²) < 4.78 is 67.2. The maximum atomic E-state index is 13.1. The van der Waals surface area contributed by atoms with Crippen molar-refractivity contribution in [2.75, 3.05) is 5.32 Å². The number of hydrogen-bond acceptors (Lipinski definition) is 4. The van der Waals surface area contributed by atoms with Gasteiger partial charge in [-0.25, -0.2) is 4.98 Å². The molecule has 6 nitrogen and oxygen atoms in total. The Morgan fingerprint density at radius 2 is 1.69 bits per heavy atom. The molecule has 2 amide bonds. The lowest BCUT2D eigenvalue weighted by molar-refractivity contribution is -0.360. The molecule has 32 heavy (non-hydrogen) atoms. The average Bonchev–Trinajstić information content (AvgIpc) is 2.66. The Kier molecular flexibility index (Phi) is 7.42. The van der Waals surface area contributed by atoms with E-state index >= 15 is 0 Å². The van der Waals surface area contributed by atoms with E-state index in [2.05, 4.69) is 20.4 Å². The molecule has 1 aromatic heterocycles. The Balaban J connectivity index is 2.16. The van der Waals surface area contributed by atoms with Crippen LogP contribution in [0.4, 0.5) is 27.8 Å². The van der Waals surface area contributed by atoms with Crippen molar-refractivity contribution in [1.29, 1.82) is 0 Å². The number of pyridine rings is 1. The number of anilines is 1. The summed E-state index contributed by atoms with van der Waals surface area (Å²) in [4.78, 5) is 28.7. The minimum atomic E-state index is -5.87. The molecule has 11 heteroatoms. The lowest BCUT2D eigenvalue weighted by atomic mass is 10.1. The predicted octanol–water partition coefficient (Wildman–Crippen LogP) is 5.01. The first-order chi connectivity index (χ1) is 14.7. The summed E-state index contributed by atoms with van der Waals surface area (Å²) in [5, 5.41) is 5.21. The number of benzene rings is 1. The van der Waals surface area contributed by atoms with Crippen molar-refractivity contribution in [3.05, 3.63) is 53.2 Å². The molecule has 0 saturated carbocycles. The number of aryl methyl sites for hydroxylation is 1. The number of nitrogens with zero attached hydrogens (tertiary/aromatic N) is 1.